The van der Waals surface area contributed by atoms with Crippen molar-refractivity contribution in [3.8, 4) is 0 Å². The van der Waals surface area contributed by atoms with Crippen LogP contribution in [-0.4, -0.2) is 17.8 Å². The molecule has 0 aliphatic rings. The van der Waals surface area contributed by atoms with E-state index in [9.17, 15) is 0 Å². The van der Waals surface area contributed by atoms with Gasteiger partial charge in [-0.1, -0.05) is 29.8 Å². The third-order valence-corrected chi connectivity index (χ3v) is 4.20. The lowest BCUT2D eigenvalue weighted by molar-refractivity contribution is 0.251. The third-order valence-electron chi connectivity index (χ3n) is 2.49. The van der Waals surface area contributed by atoms with E-state index < -0.39 is 0 Å². The molecule has 0 aliphatic carbocycles. The minimum absolute atomic E-state index is 0.0984. The van der Waals surface area contributed by atoms with Gasteiger partial charge < -0.3 is 10.4 Å². The van der Waals surface area contributed by atoms with E-state index in [1.807, 2.05) is 25.1 Å². The number of nitrogens with one attached hydrogen (secondary N) is 1. The van der Waals surface area contributed by atoms with Crippen molar-refractivity contribution in [1.29, 1.82) is 0 Å². The van der Waals surface area contributed by atoms with E-state index in [2.05, 4.69) is 11.4 Å². The van der Waals surface area contributed by atoms with Crippen LogP contribution in [-0.2, 0) is 6.54 Å². The molecular formula is C12H14ClNOS. The van der Waals surface area contributed by atoms with Crippen molar-refractivity contribution in [2.24, 2.45) is 0 Å². The molecule has 0 radical (unpaired) electrons. The molecule has 4 heteroatoms. The lowest BCUT2D eigenvalue weighted by Crippen LogP contribution is -2.28. The Kier molecular flexibility index (Phi) is 3.82. The van der Waals surface area contributed by atoms with Crippen molar-refractivity contribution in [2.75, 3.05) is 6.61 Å². The highest BCUT2D eigenvalue weighted by Gasteiger charge is 2.10. The zero-order valence-corrected chi connectivity index (χ0v) is 10.6. The van der Waals surface area contributed by atoms with Crippen LogP contribution in [0.5, 0.6) is 0 Å². The Morgan fingerprint density at radius 3 is 2.88 bits per heavy atom. The van der Waals surface area contributed by atoms with Gasteiger partial charge in [-0.25, -0.2) is 0 Å². The smallest absolute Gasteiger partial charge is 0.0636 e. The second kappa shape index (κ2) is 5.15. The topological polar surface area (TPSA) is 32.3 Å². The maximum Gasteiger partial charge on any atom is 0.0636 e. The summed E-state index contributed by atoms with van der Waals surface area (Å²) in [6.07, 6.45) is 0. The second-order valence-corrected chi connectivity index (χ2v) is 5.31. The SMILES string of the molecule is C[C@H](CO)NCc1sc2ccccc2c1Cl. The summed E-state index contributed by atoms with van der Waals surface area (Å²) in [4.78, 5) is 1.13. The Balaban J connectivity index is 2.21. The highest BCUT2D eigenvalue weighted by atomic mass is 35.5. The highest BCUT2D eigenvalue weighted by molar-refractivity contribution is 7.19. The minimum Gasteiger partial charge on any atom is -0.395 e. The molecule has 0 saturated heterocycles. The van der Waals surface area contributed by atoms with Gasteiger partial charge in [0.15, 0.2) is 0 Å². The number of aliphatic hydroxyl groups is 1. The lowest BCUT2D eigenvalue weighted by Gasteiger charge is -2.09. The summed E-state index contributed by atoms with van der Waals surface area (Å²) < 4.78 is 1.21. The van der Waals surface area contributed by atoms with Gasteiger partial charge in [0.05, 0.1) is 11.6 Å². The molecule has 0 unspecified atom stereocenters. The van der Waals surface area contributed by atoms with E-state index in [-0.39, 0.29) is 12.6 Å². The van der Waals surface area contributed by atoms with E-state index >= 15 is 0 Å². The maximum atomic E-state index is 8.93. The van der Waals surface area contributed by atoms with Crippen molar-refractivity contribution in [3.63, 3.8) is 0 Å². The molecule has 0 saturated carbocycles. The summed E-state index contributed by atoms with van der Waals surface area (Å²) in [7, 11) is 0. The fourth-order valence-corrected chi connectivity index (χ4v) is 2.96. The largest absolute Gasteiger partial charge is 0.395 e. The van der Waals surface area contributed by atoms with E-state index in [1.54, 1.807) is 11.3 Å². The number of rotatable bonds is 4. The van der Waals surface area contributed by atoms with Crippen LogP contribution in [0.15, 0.2) is 24.3 Å². The van der Waals surface area contributed by atoms with Crippen LogP contribution in [0.1, 0.15) is 11.8 Å². The van der Waals surface area contributed by atoms with Crippen LogP contribution >= 0.6 is 22.9 Å². The van der Waals surface area contributed by atoms with Crippen molar-refractivity contribution in [3.05, 3.63) is 34.2 Å². The summed E-state index contributed by atoms with van der Waals surface area (Å²) in [5.74, 6) is 0. The molecular weight excluding hydrogens is 242 g/mol. The molecule has 0 amide bonds. The number of hydrogen-bond donors (Lipinski definition) is 2. The molecule has 1 atom stereocenters. The van der Waals surface area contributed by atoms with Gasteiger partial charge in [0, 0.05) is 27.5 Å². The molecule has 1 aromatic heterocycles. The monoisotopic (exact) mass is 255 g/mol. The Hall–Kier alpha value is -0.610. The molecule has 1 aromatic carbocycles. The zero-order chi connectivity index (χ0) is 11.5. The molecule has 0 spiro atoms. The van der Waals surface area contributed by atoms with Crippen LogP contribution < -0.4 is 5.32 Å². The molecule has 2 N–H and O–H groups in total. The molecule has 2 nitrogen and oxygen atoms in total. The highest BCUT2D eigenvalue weighted by Crippen LogP contribution is 2.34. The first-order valence-corrected chi connectivity index (χ1v) is 6.42. The number of thiophene rings is 1. The summed E-state index contributed by atoms with van der Waals surface area (Å²) in [6, 6.07) is 8.22. The Labute approximate surface area is 104 Å². The number of fused-ring (bicyclic) bond motifs is 1. The summed E-state index contributed by atoms with van der Waals surface area (Å²) in [5, 5.41) is 14.1. The van der Waals surface area contributed by atoms with Crippen LogP contribution in [0.4, 0.5) is 0 Å². The molecule has 16 heavy (non-hydrogen) atoms. The number of halogens is 1. The summed E-state index contributed by atoms with van der Waals surface area (Å²) >= 11 is 7.99. The Morgan fingerprint density at radius 2 is 2.19 bits per heavy atom. The number of aliphatic hydroxyl groups excluding tert-OH is 1. The van der Waals surface area contributed by atoms with Gasteiger partial charge in [0.1, 0.15) is 0 Å². The van der Waals surface area contributed by atoms with Crippen LogP contribution in [0.2, 0.25) is 5.02 Å². The summed E-state index contributed by atoms with van der Waals surface area (Å²) in [5.41, 5.74) is 0. The van der Waals surface area contributed by atoms with E-state index in [4.69, 9.17) is 16.7 Å². The standard InChI is InChI=1S/C12H14ClNOS/c1-8(7-15)14-6-11-12(13)9-4-2-3-5-10(9)16-11/h2-5,8,14-15H,6-7H2,1H3/t8-/m1/s1. The quantitative estimate of drug-likeness (QED) is 0.880. The predicted molar refractivity (Wildman–Crippen MR) is 70.2 cm³/mol. The van der Waals surface area contributed by atoms with Gasteiger partial charge in [-0.2, -0.15) is 0 Å². The summed E-state index contributed by atoms with van der Waals surface area (Å²) in [6.45, 7) is 2.80. The van der Waals surface area contributed by atoms with Gasteiger partial charge >= 0.3 is 0 Å². The van der Waals surface area contributed by atoms with Crippen LogP contribution in [0, 0.1) is 0 Å². The van der Waals surface area contributed by atoms with Crippen molar-refractivity contribution < 1.29 is 5.11 Å². The normalized spacial score (nSPS) is 13.2. The van der Waals surface area contributed by atoms with E-state index in [0.29, 0.717) is 6.54 Å². The first-order valence-electron chi connectivity index (χ1n) is 5.22. The minimum atomic E-state index is 0.0984. The number of hydrogen-bond acceptors (Lipinski definition) is 3. The predicted octanol–water partition coefficient (Wildman–Crippen LogP) is 3.03. The lowest BCUT2D eigenvalue weighted by atomic mass is 10.2. The molecule has 1 heterocycles. The van der Waals surface area contributed by atoms with Gasteiger partial charge in [-0.05, 0) is 13.0 Å². The second-order valence-electron chi connectivity index (χ2n) is 3.80. The first-order chi connectivity index (χ1) is 7.72. The van der Waals surface area contributed by atoms with Crippen molar-refractivity contribution in [1.82, 2.24) is 5.32 Å². The van der Waals surface area contributed by atoms with Gasteiger partial charge in [0.2, 0.25) is 0 Å². The average Bonchev–Trinajstić information content (AvgIpc) is 2.64. The van der Waals surface area contributed by atoms with Crippen LogP contribution in [0.3, 0.4) is 0 Å². The van der Waals surface area contributed by atoms with Gasteiger partial charge in [0.25, 0.3) is 0 Å². The van der Waals surface area contributed by atoms with E-state index in [0.717, 1.165) is 15.3 Å². The molecule has 86 valence electrons. The molecule has 0 aliphatic heterocycles. The van der Waals surface area contributed by atoms with Crippen LogP contribution in [0.25, 0.3) is 10.1 Å². The van der Waals surface area contributed by atoms with Crippen molar-refractivity contribution >= 4 is 33.0 Å². The molecule has 0 bridgehead atoms. The fraction of sp³-hybridized carbons (Fsp3) is 0.333. The fourth-order valence-electron chi connectivity index (χ4n) is 1.51. The number of benzene rings is 1. The molecule has 2 aromatic rings. The molecule has 2 rings (SSSR count). The average molecular weight is 256 g/mol. The van der Waals surface area contributed by atoms with Crippen molar-refractivity contribution in [2.45, 2.75) is 19.5 Å². The first kappa shape index (κ1) is 11.9. The zero-order valence-electron chi connectivity index (χ0n) is 9.03. The van der Waals surface area contributed by atoms with Gasteiger partial charge in [-0.3, -0.25) is 0 Å². The third kappa shape index (κ3) is 2.38. The Bertz CT molecular complexity index is 483. The molecule has 0 fully saturated rings. The Morgan fingerprint density at radius 1 is 1.44 bits per heavy atom. The maximum absolute atomic E-state index is 8.93. The van der Waals surface area contributed by atoms with Gasteiger partial charge in [-0.15, -0.1) is 11.3 Å². The van der Waals surface area contributed by atoms with E-state index in [1.165, 1.54) is 4.70 Å².